The molecule has 0 unspecified atom stereocenters. The fourth-order valence-electron chi connectivity index (χ4n) is 1.98. The molecule has 0 nitrogen and oxygen atoms in total. The van der Waals surface area contributed by atoms with Gasteiger partial charge in [0.15, 0.2) is 0 Å². The normalized spacial score (nSPS) is 46.0. The Morgan fingerprint density at radius 1 is 1.00 bits per heavy atom. The van der Waals surface area contributed by atoms with E-state index in [1.807, 2.05) is 0 Å². The first-order valence-corrected chi connectivity index (χ1v) is 5.19. The van der Waals surface area contributed by atoms with Crippen molar-refractivity contribution < 1.29 is 0 Å². The fraction of sp³-hybridized carbons (Fsp3) is 1.00. The van der Waals surface area contributed by atoms with Crippen LogP contribution in [0.2, 0.25) is 0 Å². The first-order valence-electron chi connectivity index (χ1n) is 3.61. The van der Waals surface area contributed by atoms with Crippen LogP contribution in [0.3, 0.4) is 0 Å². The van der Waals surface area contributed by atoms with Crippen molar-refractivity contribution in [3.63, 3.8) is 0 Å². The lowest BCUT2D eigenvalue weighted by Gasteiger charge is -2.04. The Morgan fingerprint density at radius 2 is 1.44 bits per heavy atom. The second kappa shape index (κ2) is 1.97. The summed E-state index contributed by atoms with van der Waals surface area (Å²) in [7, 11) is 0. The van der Waals surface area contributed by atoms with E-state index in [0.717, 1.165) is 11.8 Å². The molecule has 52 valence electrons. The third kappa shape index (κ3) is 0.900. The molecule has 2 fully saturated rings. The van der Waals surface area contributed by atoms with Crippen molar-refractivity contribution >= 4 is 31.9 Å². The van der Waals surface area contributed by atoms with Crippen molar-refractivity contribution in [2.45, 2.75) is 28.9 Å². The van der Waals surface area contributed by atoms with E-state index in [1.165, 1.54) is 25.7 Å². The van der Waals surface area contributed by atoms with E-state index in [9.17, 15) is 0 Å². The SMILES string of the molecule is BrC1(Br)[C@@H]2CCCC[C@@H]21. The maximum Gasteiger partial charge on any atom is 0.0868 e. The lowest BCUT2D eigenvalue weighted by molar-refractivity contribution is 0.480. The van der Waals surface area contributed by atoms with Gasteiger partial charge in [0.1, 0.15) is 0 Å². The summed E-state index contributed by atoms with van der Waals surface area (Å²) in [6, 6.07) is 0. The molecule has 0 radical (unpaired) electrons. The molecule has 0 saturated heterocycles. The number of fused-ring (bicyclic) bond motifs is 1. The zero-order chi connectivity index (χ0) is 6.48. The molecule has 0 N–H and O–H groups in total. The lowest BCUT2D eigenvalue weighted by Crippen LogP contribution is -1.91. The van der Waals surface area contributed by atoms with E-state index in [1.54, 1.807) is 0 Å². The van der Waals surface area contributed by atoms with Gasteiger partial charge in [-0.2, -0.15) is 0 Å². The Kier molecular flexibility index (Phi) is 1.46. The second-order valence-corrected chi connectivity index (χ2v) is 6.86. The lowest BCUT2D eigenvalue weighted by atomic mass is 10.0. The summed E-state index contributed by atoms with van der Waals surface area (Å²) in [5, 5.41) is 0. The van der Waals surface area contributed by atoms with Crippen molar-refractivity contribution in [3.8, 4) is 0 Å². The summed E-state index contributed by atoms with van der Waals surface area (Å²) in [5.41, 5.74) is 0. The van der Waals surface area contributed by atoms with Gasteiger partial charge >= 0.3 is 0 Å². The van der Waals surface area contributed by atoms with Gasteiger partial charge in [-0.05, 0) is 24.7 Å². The van der Waals surface area contributed by atoms with Crippen LogP contribution in [0.5, 0.6) is 0 Å². The quantitative estimate of drug-likeness (QED) is 0.582. The standard InChI is InChI=1S/C7H10Br2/c8-7(9)5-3-1-2-4-6(5)7/h5-6H,1-4H2/t5-,6+. The Bertz CT molecular complexity index is 117. The number of rotatable bonds is 0. The minimum absolute atomic E-state index is 0.372. The molecule has 0 bridgehead atoms. The van der Waals surface area contributed by atoms with E-state index < -0.39 is 0 Å². The Labute approximate surface area is 72.7 Å². The van der Waals surface area contributed by atoms with Crippen LogP contribution in [0.15, 0.2) is 0 Å². The van der Waals surface area contributed by atoms with Crippen molar-refractivity contribution in [2.75, 3.05) is 0 Å². The average molecular weight is 254 g/mol. The van der Waals surface area contributed by atoms with E-state index in [0.29, 0.717) is 3.23 Å². The first-order chi connectivity index (χ1) is 4.23. The highest BCUT2D eigenvalue weighted by atomic mass is 79.9. The van der Waals surface area contributed by atoms with E-state index in [2.05, 4.69) is 31.9 Å². The van der Waals surface area contributed by atoms with Crippen LogP contribution in [0.1, 0.15) is 25.7 Å². The molecule has 0 spiro atoms. The van der Waals surface area contributed by atoms with Crippen LogP contribution in [0.4, 0.5) is 0 Å². The highest BCUT2D eigenvalue weighted by Gasteiger charge is 2.61. The molecular formula is C7H10Br2. The van der Waals surface area contributed by atoms with Crippen molar-refractivity contribution in [1.29, 1.82) is 0 Å². The Morgan fingerprint density at radius 3 is 1.78 bits per heavy atom. The van der Waals surface area contributed by atoms with Gasteiger partial charge in [-0.3, -0.25) is 0 Å². The molecule has 2 aliphatic carbocycles. The molecule has 2 atom stereocenters. The zero-order valence-electron chi connectivity index (χ0n) is 5.24. The molecule has 9 heavy (non-hydrogen) atoms. The van der Waals surface area contributed by atoms with Crippen LogP contribution in [-0.2, 0) is 0 Å². The topological polar surface area (TPSA) is 0 Å². The fourth-order valence-corrected chi connectivity index (χ4v) is 3.90. The monoisotopic (exact) mass is 252 g/mol. The number of alkyl halides is 2. The largest absolute Gasteiger partial charge is 0.0868 e. The van der Waals surface area contributed by atoms with E-state index in [-0.39, 0.29) is 0 Å². The van der Waals surface area contributed by atoms with Gasteiger partial charge < -0.3 is 0 Å². The van der Waals surface area contributed by atoms with E-state index >= 15 is 0 Å². The summed E-state index contributed by atoms with van der Waals surface area (Å²) in [5.74, 6) is 1.90. The Hall–Kier alpha value is 0.960. The van der Waals surface area contributed by atoms with Crippen molar-refractivity contribution in [3.05, 3.63) is 0 Å². The number of hydrogen-bond donors (Lipinski definition) is 0. The molecule has 0 aromatic heterocycles. The molecule has 0 heterocycles. The predicted octanol–water partition coefficient (Wildman–Crippen LogP) is 3.29. The third-order valence-electron chi connectivity index (χ3n) is 2.65. The molecular weight excluding hydrogens is 244 g/mol. The molecule has 2 saturated carbocycles. The smallest absolute Gasteiger partial charge is 0.0721 e. The second-order valence-electron chi connectivity index (χ2n) is 3.17. The minimum atomic E-state index is 0.372. The predicted molar refractivity (Wildman–Crippen MR) is 46.0 cm³/mol. The van der Waals surface area contributed by atoms with E-state index in [4.69, 9.17) is 0 Å². The maximum absolute atomic E-state index is 3.70. The summed E-state index contributed by atoms with van der Waals surface area (Å²) < 4.78 is 0.372. The maximum atomic E-state index is 3.70. The highest BCUT2D eigenvalue weighted by Crippen LogP contribution is 2.67. The van der Waals surface area contributed by atoms with Gasteiger partial charge in [0.05, 0.1) is 3.23 Å². The molecule has 2 rings (SSSR count). The van der Waals surface area contributed by atoms with Gasteiger partial charge in [0.2, 0.25) is 0 Å². The molecule has 2 aliphatic rings. The number of halogens is 2. The summed E-state index contributed by atoms with van der Waals surface area (Å²) in [6.07, 6.45) is 5.75. The summed E-state index contributed by atoms with van der Waals surface area (Å²) in [6.45, 7) is 0. The Balaban J connectivity index is 2.06. The molecule has 2 heteroatoms. The van der Waals surface area contributed by atoms with Crippen LogP contribution in [-0.4, -0.2) is 3.23 Å². The summed E-state index contributed by atoms with van der Waals surface area (Å²) >= 11 is 7.39. The average Bonchev–Trinajstić information content (AvgIpc) is 2.39. The minimum Gasteiger partial charge on any atom is -0.0721 e. The molecule has 0 aromatic carbocycles. The van der Waals surface area contributed by atoms with Gasteiger partial charge in [0.25, 0.3) is 0 Å². The van der Waals surface area contributed by atoms with Crippen LogP contribution in [0.25, 0.3) is 0 Å². The van der Waals surface area contributed by atoms with Crippen molar-refractivity contribution in [1.82, 2.24) is 0 Å². The van der Waals surface area contributed by atoms with Gasteiger partial charge in [-0.15, -0.1) is 0 Å². The zero-order valence-corrected chi connectivity index (χ0v) is 8.41. The first kappa shape index (κ1) is 6.66. The summed E-state index contributed by atoms with van der Waals surface area (Å²) in [4.78, 5) is 0. The van der Waals surface area contributed by atoms with Gasteiger partial charge in [-0.25, -0.2) is 0 Å². The van der Waals surface area contributed by atoms with Crippen LogP contribution < -0.4 is 0 Å². The molecule has 0 aromatic rings. The third-order valence-corrected chi connectivity index (χ3v) is 5.00. The molecule has 0 aliphatic heterocycles. The molecule has 0 amide bonds. The van der Waals surface area contributed by atoms with Gasteiger partial charge in [0, 0.05) is 0 Å². The van der Waals surface area contributed by atoms with Crippen molar-refractivity contribution in [2.24, 2.45) is 11.8 Å². The van der Waals surface area contributed by atoms with Gasteiger partial charge in [-0.1, -0.05) is 44.7 Å². The number of hydrogen-bond acceptors (Lipinski definition) is 0. The van der Waals surface area contributed by atoms with Crippen LogP contribution >= 0.6 is 31.9 Å². The van der Waals surface area contributed by atoms with Crippen LogP contribution in [0, 0.1) is 11.8 Å². The highest BCUT2D eigenvalue weighted by molar-refractivity contribution is 9.25.